The van der Waals surface area contributed by atoms with Crippen LogP contribution in [0.4, 0.5) is 0 Å². The van der Waals surface area contributed by atoms with Gasteiger partial charge in [0.25, 0.3) is 5.91 Å². The Labute approximate surface area is 148 Å². The predicted octanol–water partition coefficient (Wildman–Crippen LogP) is 2.02. The van der Waals surface area contributed by atoms with Crippen molar-refractivity contribution in [2.24, 2.45) is 5.41 Å². The molecule has 6 heteroatoms. The number of phenols is 1. The molecule has 25 heavy (non-hydrogen) atoms. The second-order valence-corrected chi connectivity index (χ2v) is 7.08. The molecule has 2 saturated heterocycles. The quantitative estimate of drug-likeness (QED) is 0.905. The maximum absolute atomic E-state index is 12.6. The highest BCUT2D eigenvalue weighted by atomic mass is 16.5. The molecular weight excluding hydrogens is 320 g/mol. The first kappa shape index (κ1) is 17.6. The number of ether oxygens (including phenoxy) is 1. The zero-order valence-corrected chi connectivity index (χ0v) is 14.7. The van der Waals surface area contributed by atoms with Crippen LogP contribution in [0.2, 0.25) is 0 Å². The first-order chi connectivity index (χ1) is 12.0. The van der Waals surface area contributed by atoms with Gasteiger partial charge in [0, 0.05) is 38.0 Å². The third kappa shape index (κ3) is 3.89. The second kappa shape index (κ2) is 7.33. The molecule has 2 amide bonds. The number of carbonyl (C=O) groups excluding carboxylic acids is 2. The van der Waals surface area contributed by atoms with E-state index in [1.54, 1.807) is 18.2 Å². The van der Waals surface area contributed by atoms with Crippen molar-refractivity contribution >= 4 is 11.8 Å². The fourth-order valence-electron chi connectivity index (χ4n) is 3.95. The van der Waals surface area contributed by atoms with E-state index in [2.05, 4.69) is 0 Å². The number of para-hydroxylation sites is 2. The van der Waals surface area contributed by atoms with Crippen molar-refractivity contribution in [3.8, 4) is 11.5 Å². The first-order valence-electron chi connectivity index (χ1n) is 8.99. The van der Waals surface area contributed by atoms with Crippen LogP contribution >= 0.6 is 0 Å². The molecule has 2 heterocycles. The van der Waals surface area contributed by atoms with Crippen LogP contribution in [0, 0.1) is 5.41 Å². The zero-order chi connectivity index (χ0) is 17.9. The van der Waals surface area contributed by atoms with Gasteiger partial charge < -0.3 is 19.6 Å². The van der Waals surface area contributed by atoms with E-state index < -0.39 is 0 Å². The van der Waals surface area contributed by atoms with Crippen molar-refractivity contribution in [3.05, 3.63) is 24.3 Å². The monoisotopic (exact) mass is 346 g/mol. The van der Waals surface area contributed by atoms with Gasteiger partial charge in [-0.2, -0.15) is 0 Å². The van der Waals surface area contributed by atoms with Crippen molar-refractivity contribution in [3.63, 3.8) is 0 Å². The lowest BCUT2D eigenvalue weighted by atomic mass is 9.73. The Morgan fingerprint density at radius 3 is 2.84 bits per heavy atom. The van der Waals surface area contributed by atoms with Crippen LogP contribution in [0.15, 0.2) is 24.3 Å². The smallest absolute Gasteiger partial charge is 0.260 e. The van der Waals surface area contributed by atoms with E-state index in [1.165, 1.54) is 6.07 Å². The van der Waals surface area contributed by atoms with Crippen molar-refractivity contribution in [2.45, 2.75) is 32.6 Å². The van der Waals surface area contributed by atoms with Gasteiger partial charge >= 0.3 is 0 Å². The molecule has 6 nitrogen and oxygen atoms in total. The number of aromatic hydroxyl groups is 1. The predicted molar refractivity (Wildman–Crippen MR) is 93.3 cm³/mol. The van der Waals surface area contributed by atoms with Crippen LogP contribution < -0.4 is 4.74 Å². The highest BCUT2D eigenvalue weighted by Crippen LogP contribution is 2.38. The molecule has 1 N–H and O–H groups in total. The molecule has 2 aliphatic rings. The van der Waals surface area contributed by atoms with Gasteiger partial charge in [-0.15, -0.1) is 0 Å². The van der Waals surface area contributed by atoms with Crippen molar-refractivity contribution in [2.75, 3.05) is 32.8 Å². The standard InChI is InChI=1S/C19H26N2O4/c1-2-20-13-19(10-8-17(20)23)9-5-11-21(14-19)18(24)12-25-16-7-4-3-6-15(16)22/h3-4,6-7,22H,2,5,8-14H2,1H3/t19-/m1/s1. The number of nitrogens with zero attached hydrogens (tertiary/aromatic N) is 2. The Kier molecular flexibility index (Phi) is 5.16. The van der Waals surface area contributed by atoms with E-state index in [0.717, 1.165) is 38.9 Å². The summed E-state index contributed by atoms with van der Waals surface area (Å²) < 4.78 is 5.48. The third-order valence-electron chi connectivity index (χ3n) is 5.36. The van der Waals surface area contributed by atoms with Gasteiger partial charge in [-0.1, -0.05) is 12.1 Å². The maximum atomic E-state index is 12.6. The summed E-state index contributed by atoms with van der Waals surface area (Å²) in [5, 5.41) is 9.73. The van der Waals surface area contributed by atoms with Gasteiger partial charge in [-0.3, -0.25) is 9.59 Å². The molecule has 1 aromatic carbocycles. The molecule has 0 bridgehead atoms. The number of amides is 2. The molecule has 0 radical (unpaired) electrons. The molecule has 0 saturated carbocycles. The minimum Gasteiger partial charge on any atom is -0.504 e. The summed E-state index contributed by atoms with van der Waals surface area (Å²) in [4.78, 5) is 28.3. The molecule has 0 unspecified atom stereocenters. The largest absolute Gasteiger partial charge is 0.504 e. The van der Waals surface area contributed by atoms with Crippen molar-refractivity contribution in [1.82, 2.24) is 9.80 Å². The van der Waals surface area contributed by atoms with E-state index in [4.69, 9.17) is 4.74 Å². The van der Waals surface area contributed by atoms with E-state index in [-0.39, 0.29) is 29.6 Å². The van der Waals surface area contributed by atoms with Crippen LogP contribution in [-0.4, -0.2) is 59.5 Å². The van der Waals surface area contributed by atoms with E-state index in [1.807, 2.05) is 16.7 Å². The highest BCUT2D eigenvalue weighted by Gasteiger charge is 2.42. The number of phenolic OH excluding ortho intramolecular Hbond substituents is 1. The summed E-state index contributed by atoms with van der Waals surface area (Å²) in [7, 11) is 0. The first-order valence-corrected chi connectivity index (χ1v) is 8.99. The number of hydrogen-bond acceptors (Lipinski definition) is 4. The molecule has 1 spiro atoms. The molecule has 2 fully saturated rings. The molecule has 0 aliphatic carbocycles. The summed E-state index contributed by atoms with van der Waals surface area (Å²) in [6, 6.07) is 6.65. The average molecular weight is 346 g/mol. The lowest BCUT2D eigenvalue weighted by molar-refractivity contribution is -0.143. The fourth-order valence-corrected chi connectivity index (χ4v) is 3.95. The van der Waals surface area contributed by atoms with Crippen LogP contribution in [0.1, 0.15) is 32.6 Å². The summed E-state index contributed by atoms with van der Waals surface area (Å²) >= 11 is 0. The lowest BCUT2D eigenvalue weighted by Gasteiger charge is -2.48. The van der Waals surface area contributed by atoms with E-state index in [0.29, 0.717) is 18.7 Å². The Morgan fingerprint density at radius 2 is 2.08 bits per heavy atom. The van der Waals surface area contributed by atoms with Gasteiger partial charge in [0.05, 0.1) is 0 Å². The number of hydrogen-bond donors (Lipinski definition) is 1. The van der Waals surface area contributed by atoms with Gasteiger partial charge in [0.15, 0.2) is 18.1 Å². The van der Waals surface area contributed by atoms with Crippen molar-refractivity contribution < 1.29 is 19.4 Å². The topological polar surface area (TPSA) is 70.1 Å². The normalized spacial score (nSPS) is 23.8. The van der Waals surface area contributed by atoms with Crippen molar-refractivity contribution in [1.29, 1.82) is 0 Å². The molecular formula is C19H26N2O4. The number of benzene rings is 1. The molecule has 0 aromatic heterocycles. The number of likely N-dealkylation sites (tertiary alicyclic amines) is 2. The Balaban J connectivity index is 1.60. The summed E-state index contributed by atoms with van der Waals surface area (Å²) in [5.74, 6) is 0.513. The Bertz CT molecular complexity index is 648. The van der Waals surface area contributed by atoms with Gasteiger partial charge in [0.2, 0.25) is 5.91 Å². The zero-order valence-electron chi connectivity index (χ0n) is 14.7. The van der Waals surface area contributed by atoms with E-state index >= 15 is 0 Å². The second-order valence-electron chi connectivity index (χ2n) is 7.08. The van der Waals surface area contributed by atoms with Crippen LogP contribution in [0.25, 0.3) is 0 Å². The minimum atomic E-state index is -0.0793. The lowest BCUT2D eigenvalue weighted by Crippen LogP contribution is -2.55. The molecule has 3 rings (SSSR count). The summed E-state index contributed by atoms with van der Waals surface area (Å²) in [6.07, 6.45) is 3.44. The third-order valence-corrected chi connectivity index (χ3v) is 5.36. The van der Waals surface area contributed by atoms with Gasteiger partial charge in [0.1, 0.15) is 0 Å². The summed E-state index contributed by atoms with van der Waals surface area (Å²) in [5.41, 5.74) is 0.0206. The number of carbonyl (C=O) groups is 2. The van der Waals surface area contributed by atoms with Crippen LogP contribution in [0.5, 0.6) is 11.5 Å². The Hall–Kier alpha value is -2.24. The SMILES string of the molecule is CCN1C[C@@]2(CCCN(C(=O)COc3ccccc3O)C2)CCC1=O. The van der Waals surface area contributed by atoms with Crippen LogP contribution in [0.3, 0.4) is 0 Å². The molecule has 2 aliphatic heterocycles. The summed E-state index contributed by atoms with van der Waals surface area (Å²) in [6.45, 7) is 4.80. The fraction of sp³-hybridized carbons (Fsp3) is 0.579. The average Bonchev–Trinajstić information content (AvgIpc) is 2.63. The van der Waals surface area contributed by atoms with Gasteiger partial charge in [-0.05, 0) is 38.3 Å². The number of rotatable bonds is 4. The minimum absolute atomic E-state index is 0.0206. The molecule has 136 valence electrons. The maximum Gasteiger partial charge on any atom is 0.260 e. The molecule has 1 atom stereocenters. The van der Waals surface area contributed by atoms with Crippen LogP contribution in [-0.2, 0) is 9.59 Å². The highest BCUT2D eigenvalue weighted by molar-refractivity contribution is 5.79. The van der Waals surface area contributed by atoms with Gasteiger partial charge in [-0.25, -0.2) is 0 Å². The Morgan fingerprint density at radius 1 is 1.28 bits per heavy atom. The number of piperidine rings is 2. The van der Waals surface area contributed by atoms with E-state index in [9.17, 15) is 14.7 Å². The molecule has 1 aromatic rings.